The van der Waals surface area contributed by atoms with Crippen molar-refractivity contribution >= 4 is 23.9 Å². The zero-order chi connectivity index (χ0) is 14.7. The largest absolute Gasteiger partial charge is 0.298 e. The van der Waals surface area contributed by atoms with Gasteiger partial charge in [-0.05, 0) is 11.1 Å². The standard InChI is InChI=1S/C18H12O2S/c19-11-15-16(12-20)18(14-9-5-2-6-10-14)21-17(15)13-7-3-1-4-8-13/h1-12H. The van der Waals surface area contributed by atoms with Crippen LogP contribution in [-0.2, 0) is 0 Å². The van der Waals surface area contributed by atoms with Gasteiger partial charge in [-0.25, -0.2) is 0 Å². The van der Waals surface area contributed by atoms with Crippen molar-refractivity contribution in [2.45, 2.75) is 0 Å². The molecule has 0 N–H and O–H groups in total. The first-order chi connectivity index (χ1) is 10.3. The molecule has 0 saturated heterocycles. The minimum atomic E-state index is 0.472. The first-order valence-corrected chi connectivity index (χ1v) is 7.34. The maximum atomic E-state index is 11.5. The number of hydrogen-bond donors (Lipinski definition) is 0. The number of carbonyl (C=O) groups excluding carboxylic acids is 2. The fourth-order valence-electron chi connectivity index (χ4n) is 2.30. The minimum absolute atomic E-state index is 0.472. The van der Waals surface area contributed by atoms with Gasteiger partial charge in [0.15, 0.2) is 12.6 Å². The van der Waals surface area contributed by atoms with Gasteiger partial charge in [0.05, 0.1) is 0 Å². The summed E-state index contributed by atoms with van der Waals surface area (Å²) in [5, 5.41) is 0. The highest BCUT2D eigenvalue weighted by molar-refractivity contribution is 7.19. The monoisotopic (exact) mass is 292 g/mol. The Morgan fingerprint density at radius 3 is 1.33 bits per heavy atom. The van der Waals surface area contributed by atoms with E-state index in [1.54, 1.807) is 0 Å². The van der Waals surface area contributed by atoms with Crippen molar-refractivity contribution in [2.75, 3.05) is 0 Å². The van der Waals surface area contributed by atoms with Crippen molar-refractivity contribution in [3.8, 4) is 20.9 Å². The second-order valence-corrected chi connectivity index (χ2v) is 5.58. The normalized spacial score (nSPS) is 10.3. The summed E-state index contributed by atoms with van der Waals surface area (Å²) in [7, 11) is 0. The van der Waals surface area contributed by atoms with Gasteiger partial charge in [0.1, 0.15) is 0 Å². The van der Waals surface area contributed by atoms with Crippen molar-refractivity contribution in [1.29, 1.82) is 0 Å². The van der Waals surface area contributed by atoms with E-state index in [0.29, 0.717) is 11.1 Å². The van der Waals surface area contributed by atoms with Crippen molar-refractivity contribution in [1.82, 2.24) is 0 Å². The lowest BCUT2D eigenvalue weighted by Gasteiger charge is -1.97. The Labute approximate surface area is 126 Å². The average molecular weight is 292 g/mol. The van der Waals surface area contributed by atoms with Gasteiger partial charge in [-0.15, -0.1) is 11.3 Å². The van der Waals surface area contributed by atoms with Gasteiger partial charge in [-0.1, -0.05) is 60.7 Å². The second-order valence-electron chi connectivity index (χ2n) is 4.56. The summed E-state index contributed by atoms with van der Waals surface area (Å²) >= 11 is 1.48. The third-order valence-electron chi connectivity index (χ3n) is 3.29. The van der Waals surface area contributed by atoms with Gasteiger partial charge in [-0.2, -0.15) is 0 Å². The Morgan fingerprint density at radius 1 is 0.619 bits per heavy atom. The molecule has 0 radical (unpaired) electrons. The quantitative estimate of drug-likeness (QED) is 0.653. The van der Waals surface area contributed by atoms with Crippen LogP contribution in [-0.4, -0.2) is 12.6 Å². The van der Waals surface area contributed by atoms with Crippen molar-refractivity contribution in [3.05, 3.63) is 71.8 Å². The lowest BCUT2D eigenvalue weighted by molar-refractivity contribution is 0.109. The summed E-state index contributed by atoms with van der Waals surface area (Å²) in [6.45, 7) is 0. The zero-order valence-electron chi connectivity index (χ0n) is 11.2. The van der Waals surface area contributed by atoms with Crippen molar-refractivity contribution in [3.63, 3.8) is 0 Å². The summed E-state index contributed by atoms with van der Waals surface area (Å²) in [5.74, 6) is 0. The lowest BCUT2D eigenvalue weighted by Crippen LogP contribution is -1.89. The molecule has 0 aliphatic carbocycles. The number of aldehydes is 2. The van der Waals surface area contributed by atoms with Gasteiger partial charge in [0, 0.05) is 20.9 Å². The molecular formula is C18H12O2S. The van der Waals surface area contributed by atoms with E-state index in [0.717, 1.165) is 33.5 Å². The van der Waals surface area contributed by atoms with Gasteiger partial charge in [0.25, 0.3) is 0 Å². The number of rotatable bonds is 4. The predicted octanol–water partition coefficient (Wildman–Crippen LogP) is 4.71. The molecule has 102 valence electrons. The molecule has 0 aliphatic heterocycles. The van der Waals surface area contributed by atoms with E-state index in [-0.39, 0.29) is 0 Å². The highest BCUT2D eigenvalue weighted by Crippen LogP contribution is 2.40. The molecule has 2 aromatic carbocycles. The highest BCUT2D eigenvalue weighted by atomic mass is 32.1. The van der Waals surface area contributed by atoms with Crippen molar-refractivity contribution < 1.29 is 9.59 Å². The minimum Gasteiger partial charge on any atom is -0.298 e. The Bertz CT molecular complexity index is 708. The summed E-state index contributed by atoms with van der Waals surface area (Å²) in [5.41, 5.74) is 2.85. The van der Waals surface area contributed by atoms with E-state index < -0.39 is 0 Å². The molecule has 3 rings (SSSR count). The van der Waals surface area contributed by atoms with Crippen LogP contribution in [0.5, 0.6) is 0 Å². The SMILES string of the molecule is O=Cc1c(-c2ccccc2)sc(-c2ccccc2)c1C=O. The maximum absolute atomic E-state index is 11.5. The van der Waals surface area contributed by atoms with Crippen LogP contribution < -0.4 is 0 Å². The molecule has 0 spiro atoms. The third kappa shape index (κ3) is 2.43. The summed E-state index contributed by atoms with van der Waals surface area (Å²) in [6, 6.07) is 19.3. The molecule has 0 unspecified atom stereocenters. The van der Waals surface area contributed by atoms with Gasteiger partial charge in [0.2, 0.25) is 0 Å². The summed E-state index contributed by atoms with van der Waals surface area (Å²) < 4.78 is 0. The van der Waals surface area contributed by atoms with Crippen LogP contribution in [0.15, 0.2) is 60.7 Å². The molecule has 0 aliphatic rings. The van der Waals surface area contributed by atoms with E-state index in [1.807, 2.05) is 60.7 Å². The average Bonchev–Trinajstić information content (AvgIpc) is 2.95. The topological polar surface area (TPSA) is 34.1 Å². The van der Waals surface area contributed by atoms with Crippen molar-refractivity contribution in [2.24, 2.45) is 0 Å². The molecule has 2 nitrogen and oxygen atoms in total. The number of thiophene rings is 1. The van der Waals surface area contributed by atoms with Crippen LogP contribution >= 0.6 is 11.3 Å². The molecule has 21 heavy (non-hydrogen) atoms. The van der Waals surface area contributed by atoms with E-state index in [9.17, 15) is 9.59 Å². The molecule has 0 amide bonds. The smallest absolute Gasteiger partial charge is 0.152 e. The molecule has 3 aromatic rings. The van der Waals surface area contributed by atoms with Crippen LogP contribution in [0.1, 0.15) is 20.7 Å². The molecule has 0 saturated carbocycles. The van der Waals surface area contributed by atoms with Gasteiger partial charge in [-0.3, -0.25) is 9.59 Å². The zero-order valence-corrected chi connectivity index (χ0v) is 12.0. The number of benzene rings is 2. The Morgan fingerprint density at radius 2 is 1.00 bits per heavy atom. The van der Waals surface area contributed by atoms with Crippen LogP contribution in [0.4, 0.5) is 0 Å². The fourth-order valence-corrected chi connectivity index (χ4v) is 3.55. The predicted molar refractivity (Wildman–Crippen MR) is 86.0 cm³/mol. The lowest BCUT2D eigenvalue weighted by atomic mass is 10.0. The first-order valence-electron chi connectivity index (χ1n) is 6.53. The molecule has 1 heterocycles. The van der Waals surface area contributed by atoms with E-state index in [1.165, 1.54) is 11.3 Å². The van der Waals surface area contributed by atoms with E-state index in [2.05, 4.69) is 0 Å². The van der Waals surface area contributed by atoms with E-state index in [4.69, 9.17) is 0 Å². The Kier molecular flexibility index (Phi) is 3.75. The summed E-state index contributed by atoms with van der Waals surface area (Å²) in [4.78, 5) is 24.6. The maximum Gasteiger partial charge on any atom is 0.152 e. The second kappa shape index (κ2) is 5.85. The van der Waals surface area contributed by atoms with E-state index >= 15 is 0 Å². The highest BCUT2D eigenvalue weighted by Gasteiger charge is 2.19. The molecule has 1 aromatic heterocycles. The molecular weight excluding hydrogens is 280 g/mol. The Hall–Kier alpha value is -2.52. The third-order valence-corrected chi connectivity index (χ3v) is 4.61. The summed E-state index contributed by atoms with van der Waals surface area (Å²) in [6.07, 6.45) is 1.55. The van der Waals surface area contributed by atoms with Crippen LogP contribution in [0.25, 0.3) is 20.9 Å². The van der Waals surface area contributed by atoms with Gasteiger partial charge < -0.3 is 0 Å². The van der Waals surface area contributed by atoms with Crippen LogP contribution in [0.3, 0.4) is 0 Å². The molecule has 0 bridgehead atoms. The van der Waals surface area contributed by atoms with Crippen LogP contribution in [0, 0.1) is 0 Å². The molecule has 0 fully saturated rings. The Balaban J connectivity index is 2.26. The first kappa shape index (κ1) is 13.5. The molecule has 3 heteroatoms. The van der Waals surface area contributed by atoms with Crippen LogP contribution in [0.2, 0.25) is 0 Å². The fraction of sp³-hybridized carbons (Fsp3) is 0. The molecule has 0 atom stereocenters. The number of hydrogen-bond acceptors (Lipinski definition) is 3. The number of carbonyl (C=O) groups is 2. The van der Waals surface area contributed by atoms with Gasteiger partial charge >= 0.3 is 0 Å².